The molecule has 1 aliphatic rings. The SMILES string of the molecule is Cc1cccc([Si]2(c3ccccc3)O[Si](c3ccccc3)(c3ccccc3)O[Si](c3ccccc3)(c3ccccc3)O2)c1C. The van der Waals surface area contributed by atoms with Crippen molar-refractivity contribution in [2.75, 3.05) is 0 Å². The molecule has 0 radical (unpaired) electrons. The Kier molecular flexibility index (Phi) is 7.64. The van der Waals surface area contributed by atoms with E-state index < -0.39 is 25.7 Å². The van der Waals surface area contributed by atoms with Crippen LogP contribution in [0.15, 0.2) is 170 Å². The van der Waals surface area contributed by atoms with Crippen molar-refractivity contribution in [2.45, 2.75) is 13.8 Å². The second-order valence-corrected chi connectivity index (χ2v) is 20.8. The van der Waals surface area contributed by atoms with Crippen molar-refractivity contribution in [1.29, 1.82) is 0 Å². The zero-order chi connectivity index (χ0) is 30.0. The van der Waals surface area contributed by atoms with Gasteiger partial charge < -0.3 is 12.3 Å². The molecule has 0 aromatic heterocycles. The van der Waals surface area contributed by atoms with Crippen LogP contribution >= 0.6 is 0 Å². The molecule has 0 N–H and O–H groups in total. The Balaban J connectivity index is 1.67. The summed E-state index contributed by atoms with van der Waals surface area (Å²) in [6.45, 7) is 4.37. The van der Waals surface area contributed by atoms with E-state index in [1.165, 1.54) is 11.1 Å². The fraction of sp³-hybridized carbons (Fsp3) is 0.0526. The highest BCUT2D eigenvalue weighted by atomic mass is 28.5. The van der Waals surface area contributed by atoms with Crippen molar-refractivity contribution in [3.8, 4) is 0 Å². The monoisotopic (exact) mass is 622 g/mol. The lowest BCUT2D eigenvalue weighted by molar-refractivity contribution is 0.268. The van der Waals surface area contributed by atoms with Crippen LogP contribution in [0.3, 0.4) is 0 Å². The highest BCUT2D eigenvalue weighted by molar-refractivity contribution is 7.16. The summed E-state index contributed by atoms with van der Waals surface area (Å²) in [5.41, 5.74) is 2.40. The molecule has 216 valence electrons. The first kappa shape index (κ1) is 28.6. The van der Waals surface area contributed by atoms with Gasteiger partial charge in [-0.05, 0) is 50.9 Å². The van der Waals surface area contributed by atoms with E-state index in [2.05, 4.69) is 184 Å². The average molecular weight is 623 g/mol. The number of aryl methyl sites for hydroxylation is 1. The van der Waals surface area contributed by atoms with E-state index >= 15 is 0 Å². The van der Waals surface area contributed by atoms with E-state index in [-0.39, 0.29) is 0 Å². The lowest BCUT2D eigenvalue weighted by Crippen LogP contribution is -2.88. The number of benzene rings is 6. The van der Waals surface area contributed by atoms with Crippen LogP contribution in [0.2, 0.25) is 0 Å². The maximum absolute atomic E-state index is 7.91. The van der Waals surface area contributed by atoms with E-state index in [0.29, 0.717) is 0 Å². The van der Waals surface area contributed by atoms with Gasteiger partial charge in [0.15, 0.2) is 0 Å². The fourth-order valence-electron chi connectivity index (χ4n) is 6.25. The minimum Gasteiger partial charge on any atom is -0.402 e. The molecule has 0 bridgehead atoms. The summed E-state index contributed by atoms with van der Waals surface area (Å²) in [5, 5.41) is 6.46. The largest absolute Gasteiger partial charge is 0.402 e. The van der Waals surface area contributed by atoms with Crippen LogP contribution in [-0.4, -0.2) is 25.7 Å². The minimum atomic E-state index is -3.51. The quantitative estimate of drug-likeness (QED) is 0.257. The molecule has 0 spiro atoms. The molecule has 0 amide bonds. The molecule has 1 heterocycles. The third kappa shape index (κ3) is 4.77. The smallest absolute Gasteiger partial charge is 0.390 e. The second kappa shape index (κ2) is 11.7. The Morgan fingerprint density at radius 1 is 0.318 bits per heavy atom. The van der Waals surface area contributed by atoms with E-state index in [0.717, 1.165) is 31.1 Å². The summed E-state index contributed by atoms with van der Waals surface area (Å²) in [5.74, 6) is 0. The lowest BCUT2D eigenvalue weighted by Gasteiger charge is -2.54. The topological polar surface area (TPSA) is 27.7 Å². The van der Waals surface area contributed by atoms with Crippen LogP contribution in [0, 0.1) is 13.8 Å². The molecule has 1 saturated heterocycles. The van der Waals surface area contributed by atoms with Gasteiger partial charge in [0.2, 0.25) is 0 Å². The fourth-order valence-corrected chi connectivity index (χ4v) is 23.5. The van der Waals surface area contributed by atoms with Gasteiger partial charge in [0.25, 0.3) is 0 Å². The Bertz CT molecular complexity index is 1680. The van der Waals surface area contributed by atoms with Crippen molar-refractivity contribution in [3.63, 3.8) is 0 Å². The van der Waals surface area contributed by atoms with Gasteiger partial charge in [-0.2, -0.15) is 0 Å². The molecule has 0 saturated carbocycles. The molecule has 6 aromatic carbocycles. The molecule has 1 fully saturated rings. The maximum atomic E-state index is 7.91. The number of rotatable bonds is 6. The molecule has 0 unspecified atom stereocenters. The van der Waals surface area contributed by atoms with Crippen LogP contribution in [0.1, 0.15) is 11.1 Å². The second-order valence-electron chi connectivity index (χ2n) is 11.2. The standard InChI is InChI=1S/C38H34O3Si3/c1-31-19-18-30-38(32(31)2)44(37-28-16-7-17-29-37)40-42(33-20-8-3-9-21-33,34-22-10-4-11-23-34)39-43(41-44,35-24-12-5-13-25-35)36-26-14-6-15-27-36/h3-30H,1-2H3. The summed E-state index contributed by atoms with van der Waals surface area (Å²) in [4.78, 5) is 0. The van der Waals surface area contributed by atoms with Crippen LogP contribution in [0.4, 0.5) is 0 Å². The molecule has 3 nitrogen and oxygen atoms in total. The van der Waals surface area contributed by atoms with Gasteiger partial charge in [0.05, 0.1) is 0 Å². The highest BCUT2D eigenvalue weighted by Gasteiger charge is 2.67. The predicted molar refractivity (Wildman–Crippen MR) is 186 cm³/mol. The van der Waals surface area contributed by atoms with Gasteiger partial charge in [-0.1, -0.05) is 170 Å². The van der Waals surface area contributed by atoms with Gasteiger partial charge in [0.1, 0.15) is 0 Å². The molecule has 0 atom stereocenters. The molecule has 7 rings (SSSR count). The van der Waals surface area contributed by atoms with E-state index in [4.69, 9.17) is 12.3 Å². The molecule has 0 aliphatic carbocycles. The number of hydrogen-bond acceptors (Lipinski definition) is 3. The van der Waals surface area contributed by atoms with Crippen LogP contribution in [0.5, 0.6) is 0 Å². The van der Waals surface area contributed by atoms with Gasteiger partial charge >= 0.3 is 25.7 Å². The normalized spacial score (nSPS) is 16.7. The van der Waals surface area contributed by atoms with Crippen molar-refractivity contribution in [1.82, 2.24) is 0 Å². The van der Waals surface area contributed by atoms with Crippen molar-refractivity contribution >= 4 is 56.8 Å². The highest BCUT2D eigenvalue weighted by Crippen LogP contribution is 2.32. The molecular weight excluding hydrogens is 589 g/mol. The van der Waals surface area contributed by atoms with Crippen molar-refractivity contribution in [3.05, 3.63) is 181 Å². The Morgan fingerprint density at radius 2 is 0.614 bits per heavy atom. The minimum absolute atomic E-state index is 1.07. The van der Waals surface area contributed by atoms with Crippen LogP contribution in [0.25, 0.3) is 0 Å². The Hall–Kier alpha value is -4.15. The molecular formula is C38H34O3Si3. The average Bonchev–Trinajstić information content (AvgIpc) is 3.11. The first-order chi connectivity index (χ1) is 21.6. The summed E-state index contributed by atoms with van der Waals surface area (Å²) in [6, 6.07) is 59.5. The van der Waals surface area contributed by atoms with Crippen molar-refractivity contribution < 1.29 is 12.3 Å². The van der Waals surface area contributed by atoms with E-state index in [1.807, 2.05) is 0 Å². The van der Waals surface area contributed by atoms with Gasteiger partial charge in [-0.25, -0.2) is 0 Å². The molecule has 44 heavy (non-hydrogen) atoms. The van der Waals surface area contributed by atoms with Gasteiger partial charge in [-0.15, -0.1) is 0 Å². The lowest BCUT2D eigenvalue weighted by atomic mass is 10.1. The summed E-state index contributed by atoms with van der Waals surface area (Å²) in [6.07, 6.45) is 0. The first-order valence-electron chi connectivity index (χ1n) is 15.0. The van der Waals surface area contributed by atoms with E-state index in [1.54, 1.807) is 0 Å². The predicted octanol–water partition coefficient (Wildman–Crippen LogP) is 4.44. The van der Waals surface area contributed by atoms with Crippen LogP contribution < -0.4 is 31.1 Å². The van der Waals surface area contributed by atoms with Gasteiger partial charge in [0, 0.05) is 5.19 Å². The Labute approximate surface area is 263 Å². The van der Waals surface area contributed by atoms with Crippen LogP contribution in [-0.2, 0) is 12.3 Å². The zero-order valence-corrected chi connectivity index (χ0v) is 27.9. The van der Waals surface area contributed by atoms with E-state index in [9.17, 15) is 0 Å². The zero-order valence-electron chi connectivity index (χ0n) is 24.9. The number of hydrogen-bond donors (Lipinski definition) is 0. The summed E-state index contributed by atoms with van der Waals surface area (Å²) in [7, 11) is -10.5. The Morgan fingerprint density at radius 3 is 0.955 bits per heavy atom. The summed E-state index contributed by atoms with van der Waals surface area (Å²) >= 11 is 0. The first-order valence-corrected chi connectivity index (χ1v) is 20.5. The molecule has 6 aromatic rings. The van der Waals surface area contributed by atoms with Crippen molar-refractivity contribution in [2.24, 2.45) is 0 Å². The third-order valence-electron chi connectivity index (χ3n) is 8.59. The maximum Gasteiger partial charge on any atom is 0.390 e. The summed E-state index contributed by atoms with van der Waals surface area (Å²) < 4.78 is 23.7. The molecule has 6 heteroatoms. The van der Waals surface area contributed by atoms with Gasteiger partial charge in [-0.3, -0.25) is 0 Å². The third-order valence-corrected chi connectivity index (χ3v) is 22.2. The molecule has 1 aliphatic heterocycles.